The summed E-state index contributed by atoms with van der Waals surface area (Å²) in [6, 6.07) is 1.57. The molecule has 0 bridgehead atoms. The second-order valence-electron chi connectivity index (χ2n) is 4.27. The van der Waals surface area contributed by atoms with Gasteiger partial charge in [0.2, 0.25) is 5.96 Å². The largest absolute Gasteiger partial charge is 0.322 e. The highest BCUT2D eigenvalue weighted by Gasteiger charge is 2.26. The Balaban J connectivity index is 1.75. The number of pyridine rings is 1. The molecule has 18 heavy (non-hydrogen) atoms. The maximum atomic E-state index is 11.8. The van der Waals surface area contributed by atoms with Crippen molar-refractivity contribution < 1.29 is 13.3 Å². The van der Waals surface area contributed by atoms with Crippen LogP contribution >= 0.6 is 0 Å². The Kier molecular flexibility index (Phi) is 2.67. The minimum atomic E-state index is -3.71. The SMILES string of the molecule is O=S1(=O)N=C(NOCC2CC2)Nc2ccncc21. The molecule has 0 atom stereocenters. The first-order chi connectivity index (χ1) is 8.65. The van der Waals surface area contributed by atoms with Gasteiger partial charge in [-0.3, -0.25) is 9.82 Å². The highest BCUT2D eigenvalue weighted by molar-refractivity contribution is 7.90. The van der Waals surface area contributed by atoms with E-state index in [1.54, 1.807) is 6.07 Å². The number of nitrogens with zero attached hydrogens (tertiary/aromatic N) is 2. The molecular weight excluding hydrogens is 256 g/mol. The summed E-state index contributed by atoms with van der Waals surface area (Å²) in [7, 11) is -3.71. The Bertz CT molecular complexity index is 595. The van der Waals surface area contributed by atoms with Crippen LogP contribution in [0.5, 0.6) is 0 Å². The first-order valence-corrected chi connectivity index (χ1v) is 7.03. The fraction of sp³-hybridized carbons (Fsp3) is 0.400. The van der Waals surface area contributed by atoms with E-state index in [0.717, 1.165) is 12.8 Å². The number of nitrogens with one attached hydrogen (secondary N) is 2. The Morgan fingerprint density at radius 2 is 2.33 bits per heavy atom. The van der Waals surface area contributed by atoms with Crippen molar-refractivity contribution in [2.75, 3.05) is 11.9 Å². The molecule has 0 aromatic carbocycles. The number of hydroxylamine groups is 1. The summed E-state index contributed by atoms with van der Waals surface area (Å²) >= 11 is 0. The van der Waals surface area contributed by atoms with Crippen molar-refractivity contribution in [2.45, 2.75) is 17.7 Å². The number of hydrogen-bond donors (Lipinski definition) is 2. The molecule has 96 valence electrons. The third-order valence-corrected chi connectivity index (χ3v) is 4.02. The lowest BCUT2D eigenvalue weighted by atomic mass is 10.4. The van der Waals surface area contributed by atoms with E-state index in [2.05, 4.69) is 20.2 Å². The molecule has 1 fully saturated rings. The number of sulfonamides is 1. The first-order valence-electron chi connectivity index (χ1n) is 5.59. The quantitative estimate of drug-likeness (QED) is 0.775. The van der Waals surface area contributed by atoms with E-state index >= 15 is 0 Å². The molecular formula is C10H12N4O3S. The van der Waals surface area contributed by atoms with Gasteiger partial charge in [-0.05, 0) is 24.8 Å². The molecule has 0 spiro atoms. The van der Waals surface area contributed by atoms with Gasteiger partial charge in [0.05, 0.1) is 12.3 Å². The van der Waals surface area contributed by atoms with Crippen molar-refractivity contribution in [3.63, 3.8) is 0 Å². The minimum absolute atomic E-state index is 0.0674. The van der Waals surface area contributed by atoms with E-state index in [4.69, 9.17) is 4.84 Å². The molecule has 3 rings (SSSR count). The molecule has 1 aliphatic heterocycles. The maximum Gasteiger partial charge on any atom is 0.289 e. The van der Waals surface area contributed by atoms with Gasteiger partial charge in [0.15, 0.2) is 0 Å². The second-order valence-corrected chi connectivity index (χ2v) is 5.84. The number of rotatable bonds is 3. The minimum Gasteiger partial charge on any atom is -0.322 e. The van der Waals surface area contributed by atoms with Crippen LogP contribution in [0.4, 0.5) is 5.69 Å². The van der Waals surface area contributed by atoms with Gasteiger partial charge in [-0.25, -0.2) is 5.48 Å². The molecule has 8 heteroatoms. The zero-order chi connectivity index (χ0) is 12.6. The van der Waals surface area contributed by atoms with Gasteiger partial charge in [0, 0.05) is 12.4 Å². The predicted octanol–water partition coefficient (Wildman–Crippen LogP) is 0.483. The van der Waals surface area contributed by atoms with Crippen LogP contribution in [0.25, 0.3) is 0 Å². The van der Waals surface area contributed by atoms with Crippen LogP contribution < -0.4 is 10.8 Å². The van der Waals surface area contributed by atoms with Crippen LogP contribution in [0.2, 0.25) is 0 Å². The predicted molar refractivity (Wildman–Crippen MR) is 64.3 cm³/mol. The summed E-state index contributed by atoms with van der Waals surface area (Å²) in [6.07, 6.45) is 5.10. The van der Waals surface area contributed by atoms with Crippen LogP contribution in [0.3, 0.4) is 0 Å². The first kappa shape index (κ1) is 11.4. The summed E-state index contributed by atoms with van der Waals surface area (Å²) in [6.45, 7) is 0.559. The number of fused-ring (bicyclic) bond motifs is 1. The number of aromatic nitrogens is 1. The standard InChI is InChI=1S/C10H12N4O3S/c15-18(16)9-5-11-4-3-8(9)12-10(14-18)13-17-6-7-1-2-7/h3-5,7H,1-2,6H2,(H2,12,13,14). The Morgan fingerprint density at radius 1 is 1.50 bits per heavy atom. The highest BCUT2D eigenvalue weighted by Crippen LogP contribution is 2.28. The van der Waals surface area contributed by atoms with Crippen molar-refractivity contribution in [2.24, 2.45) is 10.3 Å². The van der Waals surface area contributed by atoms with Gasteiger partial charge in [-0.1, -0.05) is 0 Å². The summed E-state index contributed by atoms with van der Waals surface area (Å²) in [5.74, 6) is 0.657. The van der Waals surface area contributed by atoms with Crippen LogP contribution in [-0.4, -0.2) is 26.0 Å². The lowest BCUT2D eigenvalue weighted by molar-refractivity contribution is 0.0763. The lowest BCUT2D eigenvalue weighted by Crippen LogP contribution is -2.35. The molecule has 0 unspecified atom stereocenters. The van der Waals surface area contributed by atoms with Gasteiger partial charge in [0.25, 0.3) is 10.0 Å². The summed E-state index contributed by atoms with van der Waals surface area (Å²) in [5.41, 5.74) is 2.97. The fourth-order valence-electron chi connectivity index (χ4n) is 1.57. The normalized spacial score (nSPS) is 20.6. The average molecular weight is 268 g/mol. The number of guanidine groups is 1. The van der Waals surface area contributed by atoms with Crippen LogP contribution in [0.15, 0.2) is 27.8 Å². The van der Waals surface area contributed by atoms with Gasteiger partial charge in [0.1, 0.15) is 4.90 Å². The van der Waals surface area contributed by atoms with Gasteiger partial charge < -0.3 is 5.32 Å². The highest BCUT2D eigenvalue weighted by atomic mass is 32.2. The number of hydrogen-bond acceptors (Lipinski definition) is 6. The van der Waals surface area contributed by atoms with E-state index in [1.807, 2.05) is 0 Å². The molecule has 1 saturated carbocycles. The Morgan fingerprint density at radius 3 is 3.11 bits per heavy atom. The smallest absolute Gasteiger partial charge is 0.289 e. The second kappa shape index (κ2) is 4.21. The summed E-state index contributed by atoms with van der Waals surface area (Å²) < 4.78 is 27.2. The van der Waals surface area contributed by atoms with E-state index in [9.17, 15) is 8.42 Å². The Hall–Kier alpha value is -1.67. The molecule has 1 aromatic heterocycles. The molecule has 2 N–H and O–H groups in total. The molecule has 0 radical (unpaired) electrons. The maximum absolute atomic E-state index is 11.8. The van der Waals surface area contributed by atoms with E-state index in [0.29, 0.717) is 18.2 Å². The molecule has 7 nitrogen and oxygen atoms in total. The molecule has 2 aliphatic rings. The van der Waals surface area contributed by atoms with Gasteiger partial charge >= 0.3 is 0 Å². The summed E-state index contributed by atoms with van der Waals surface area (Å²) in [5, 5.41) is 2.84. The summed E-state index contributed by atoms with van der Waals surface area (Å²) in [4.78, 5) is 9.02. The van der Waals surface area contributed by atoms with Crippen molar-refractivity contribution >= 4 is 21.7 Å². The molecule has 0 saturated heterocycles. The zero-order valence-corrected chi connectivity index (χ0v) is 10.3. The topological polar surface area (TPSA) is 92.7 Å². The van der Waals surface area contributed by atoms with Crippen molar-refractivity contribution in [1.82, 2.24) is 10.5 Å². The molecule has 2 heterocycles. The fourth-order valence-corrected chi connectivity index (χ4v) is 2.58. The van der Waals surface area contributed by atoms with E-state index in [-0.39, 0.29) is 10.9 Å². The van der Waals surface area contributed by atoms with Crippen LogP contribution in [-0.2, 0) is 14.9 Å². The van der Waals surface area contributed by atoms with Crippen LogP contribution in [0, 0.1) is 5.92 Å². The van der Waals surface area contributed by atoms with Crippen LogP contribution in [0.1, 0.15) is 12.8 Å². The third kappa shape index (κ3) is 2.29. The lowest BCUT2D eigenvalue weighted by Gasteiger charge is -2.17. The van der Waals surface area contributed by atoms with Crippen molar-refractivity contribution in [3.05, 3.63) is 18.5 Å². The van der Waals surface area contributed by atoms with Crippen molar-refractivity contribution in [3.8, 4) is 0 Å². The zero-order valence-electron chi connectivity index (χ0n) is 9.46. The molecule has 0 amide bonds. The van der Waals surface area contributed by atoms with Gasteiger partial charge in [-0.2, -0.15) is 8.42 Å². The third-order valence-electron chi connectivity index (χ3n) is 2.71. The van der Waals surface area contributed by atoms with Crippen molar-refractivity contribution in [1.29, 1.82) is 0 Å². The van der Waals surface area contributed by atoms with E-state index in [1.165, 1.54) is 12.4 Å². The Labute approximate surface area is 104 Å². The number of anilines is 1. The monoisotopic (exact) mass is 268 g/mol. The average Bonchev–Trinajstić information content (AvgIpc) is 3.12. The molecule has 1 aliphatic carbocycles. The van der Waals surface area contributed by atoms with Gasteiger partial charge in [-0.15, -0.1) is 4.40 Å². The van der Waals surface area contributed by atoms with E-state index < -0.39 is 10.0 Å². The molecule has 1 aromatic rings.